The van der Waals surface area contributed by atoms with Crippen LogP contribution in [-0.4, -0.2) is 70.5 Å². The number of hydrogen-bond donors (Lipinski definition) is 1. The van der Waals surface area contributed by atoms with Crippen LogP contribution in [-0.2, 0) is 14.8 Å². The molecule has 1 amide bonds. The van der Waals surface area contributed by atoms with Gasteiger partial charge in [0, 0.05) is 37.3 Å². The van der Waals surface area contributed by atoms with Gasteiger partial charge in [0.1, 0.15) is 16.4 Å². The lowest BCUT2D eigenvalue weighted by Gasteiger charge is -2.33. The predicted octanol–water partition coefficient (Wildman–Crippen LogP) is 2.96. The molecule has 8 nitrogen and oxygen atoms in total. The van der Waals surface area contributed by atoms with Crippen LogP contribution in [0.5, 0.6) is 11.5 Å². The molecule has 11 heteroatoms. The lowest BCUT2D eigenvalue weighted by atomic mass is 10.2. The summed E-state index contributed by atoms with van der Waals surface area (Å²) in [7, 11) is -0.711. The highest BCUT2D eigenvalue weighted by atomic mass is 35.5. The third kappa shape index (κ3) is 5.61. The smallest absolute Gasteiger partial charge is 0.244 e. The number of hydrogen-bond acceptors (Lipinski definition) is 6. The second-order valence-electron chi connectivity index (χ2n) is 6.87. The number of sulfonamides is 1. The Hall–Kier alpha value is -2.04. The van der Waals surface area contributed by atoms with E-state index in [-0.39, 0.29) is 35.5 Å². The molecule has 168 valence electrons. The zero-order valence-electron chi connectivity index (χ0n) is 17.1. The zero-order chi connectivity index (χ0) is 22.6. The SMILES string of the molecule is COc1ccc(NC(=O)CN2CCN(S(=O)(=O)c3cc(Cl)ccc3Cl)CC2)c(OC)c1. The summed E-state index contributed by atoms with van der Waals surface area (Å²) in [5.41, 5.74) is 0.533. The monoisotopic (exact) mass is 487 g/mol. The molecule has 1 heterocycles. The Balaban J connectivity index is 1.59. The molecule has 2 aromatic rings. The topological polar surface area (TPSA) is 88.2 Å². The van der Waals surface area contributed by atoms with Gasteiger partial charge in [-0.05, 0) is 30.3 Å². The third-order valence-corrected chi connectivity index (χ3v) is 7.51. The maximum atomic E-state index is 12.9. The number of nitrogens with one attached hydrogen (secondary N) is 1. The molecule has 0 saturated carbocycles. The van der Waals surface area contributed by atoms with Gasteiger partial charge < -0.3 is 14.8 Å². The highest BCUT2D eigenvalue weighted by Gasteiger charge is 2.30. The Kier molecular flexibility index (Phi) is 7.66. The molecule has 0 bridgehead atoms. The molecule has 0 radical (unpaired) electrons. The first-order valence-electron chi connectivity index (χ1n) is 9.44. The van der Waals surface area contributed by atoms with Crippen LogP contribution in [0.3, 0.4) is 0 Å². The number of nitrogens with zero attached hydrogens (tertiary/aromatic N) is 2. The molecule has 0 atom stereocenters. The number of piperazine rings is 1. The summed E-state index contributed by atoms with van der Waals surface area (Å²) >= 11 is 12.0. The Labute approximate surface area is 191 Å². The molecule has 0 spiro atoms. The van der Waals surface area contributed by atoms with Gasteiger partial charge in [0.2, 0.25) is 15.9 Å². The van der Waals surface area contributed by atoms with Crippen molar-refractivity contribution in [2.45, 2.75) is 4.90 Å². The van der Waals surface area contributed by atoms with Crippen molar-refractivity contribution in [2.24, 2.45) is 0 Å². The van der Waals surface area contributed by atoms with Crippen molar-refractivity contribution in [1.29, 1.82) is 0 Å². The summed E-state index contributed by atoms with van der Waals surface area (Å²) in [6, 6.07) is 9.46. The average molecular weight is 488 g/mol. The number of anilines is 1. The Morgan fingerprint density at radius 3 is 2.39 bits per heavy atom. The number of carbonyl (C=O) groups excluding carboxylic acids is 1. The van der Waals surface area contributed by atoms with E-state index in [0.29, 0.717) is 35.3 Å². The molecule has 2 aromatic carbocycles. The fraction of sp³-hybridized carbons (Fsp3) is 0.350. The van der Waals surface area contributed by atoms with Crippen molar-refractivity contribution in [3.63, 3.8) is 0 Å². The summed E-state index contributed by atoms with van der Waals surface area (Å²) in [6.07, 6.45) is 0. The molecule has 1 saturated heterocycles. The van der Waals surface area contributed by atoms with E-state index in [0.717, 1.165) is 0 Å². The van der Waals surface area contributed by atoms with Crippen molar-refractivity contribution in [1.82, 2.24) is 9.21 Å². The first-order chi connectivity index (χ1) is 14.7. The average Bonchev–Trinajstić information content (AvgIpc) is 2.76. The predicted molar refractivity (Wildman–Crippen MR) is 120 cm³/mol. The molecule has 1 aliphatic rings. The van der Waals surface area contributed by atoms with Crippen LogP contribution < -0.4 is 14.8 Å². The van der Waals surface area contributed by atoms with E-state index in [1.54, 1.807) is 25.3 Å². The van der Waals surface area contributed by atoms with Gasteiger partial charge in [0.15, 0.2) is 0 Å². The fourth-order valence-corrected chi connectivity index (χ4v) is 5.40. The van der Waals surface area contributed by atoms with E-state index in [2.05, 4.69) is 5.32 Å². The van der Waals surface area contributed by atoms with Crippen molar-refractivity contribution < 1.29 is 22.7 Å². The maximum absolute atomic E-state index is 12.9. The second kappa shape index (κ2) is 10.1. The minimum atomic E-state index is -3.77. The molecular weight excluding hydrogens is 465 g/mol. The van der Waals surface area contributed by atoms with Crippen LogP contribution in [0.25, 0.3) is 0 Å². The summed E-state index contributed by atoms with van der Waals surface area (Å²) in [5.74, 6) is 0.881. The lowest BCUT2D eigenvalue weighted by molar-refractivity contribution is -0.117. The van der Waals surface area contributed by atoms with Crippen LogP contribution in [0.1, 0.15) is 0 Å². The van der Waals surface area contributed by atoms with Gasteiger partial charge in [-0.15, -0.1) is 0 Å². The van der Waals surface area contributed by atoms with Crippen LogP contribution in [0.2, 0.25) is 10.0 Å². The van der Waals surface area contributed by atoms with Crippen molar-refractivity contribution in [3.05, 3.63) is 46.4 Å². The minimum Gasteiger partial charge on any atom is -0.497 e. The Morgan fingerprint density at radius 2 is 1.74 bits per heavy atom. The van der Waals surface area contributed by atoms with Gasteiger partial charge >= 0.3 is 0 Å². The molecule has 1 N–H and O–H groups in total. The quantitative estimate of drug-likeness (QED) is 0.645. The van der Waals surface area contributed by atoms with E-state index in [4.69, 9.17) is 32.7 Å². The van der Waals surface area contributed by atoms with E-state index < -0.39 is 10.0 Å². The second-order valence-corrected chi connectivity index (χ2v) is 9.62. The van der Waals surface area contributed by atoms with Gasteiger partial charge in [-0.25, -0.2) is 8.42 Å². The van der Waals surface area contributed by atoms with Gasteiger partial charge in [-0.2, -0.15) is 4.31 Å². The number of halogens is 2. The van der Waals surface area contributed by atoms with Crippen LogP contribution in [0.4, 0.5) is 5.69 Å². The van der Waals surface area contributed by atoms with Crippen molar-refractivity contribution in [3.8, 4) is 11.5 Å². The lowest BCUT2D eigenvalue weighted by Crippen LogP contribution is -2.50. The van der Waals surface area contributed by atoms with E-state index in [9.17, 15) is 13.2 Å². The summed E-state index contributed by atoms with van der Waals surface area (Å²) < 4.78 is 37.6. The van der Waals surface area contributed by atoms with E-state index in [1.165, 1.54) is 29.6 Å². The fourth-order valence-electron chi connectivity index (χ4n) is 3.24. The van der Waals surface area contributed by atoms with Crippen molar-refractivity contribution >= 4 is 44.8 Å². The highest BCUT2D eigenvalue weighted by molar-refractivity contribution is 7.89. The van der Waals surface area contributed by atoms with Crippen LogP contribution >= 0.6 is 23.2 Å². The van der Waals surface area contributed by atoms with Crippen molar-refractivity contribution in [2.75, 3.05) is 52.3 Å². The standard InChI is InChI=1S/C20H23Cl2N3O5S/c1-29-15-4-6-17(18(12-15)30-2)23-20(26)13-24-7-9-25(10-8-24)31(27,28)19-11-14(21)3-5-16(19)22/h3-6,11-12H,7-10,13H2,1-2H3,(H,23,26). The van der Waals surface area contributed by atoms with Gasteiger partial charge in [-0.3, -0.25) is 9.69 Å². The highest BCUT2D eigenvalue weighted by Crippen LogP contribution is 2.30. The molecule has 0 unspecified atom stereocenters. The van der Waals surface area contributed by atoms with Gasteiger partial charge in [0.25, 0.3) is 0 Å². The summed E-state index contributed by atoms with van der Waals surface area (Å²) in [4.78, 5) is 14.4. The van der Waals surface area contributed by atoms with Gasteiger partial charge in [-0.1, -0.05) is 23.2 Å². The largest absolute Gasteiger partial charge is 0.497 e. The molecule has 1 fully saturated rings. The third-order valence-electron chi connectivity index (χ3n) is 4.89. The summed E-state index contributed by atoms with van der Waals surface area (Å²) in [6.45, 7) is 1.42. The van der Waals surface area contributed by atoms with Gasteiger partial charge in [0.05, 0.1) is 31.5 Å². The normalized spacial score (nSPS) is 15.5. The molecule has 1 aliphatic heterocycles. The number of ether oxygens (including phenoxy) is 2. The Morgan fingerprint density at radius 1 is 1.03 bits per heavy atom. The first-order valence-corrected chi connectivity index (χ1v) is 11.6. The number of amides is 1. The molecule has 0 aromatic heterocycles. The number of rotatable bonds is 7. The Bertz CT molecular complexity index is 1060. The molecule has 3 rings (SSSR count). The van der Waals surface area contributed by atoms with Crippen LogP contribution in [0.15, 0.2) is 41.3 Å². The minimum absolute atomic E-state index is 0.0144. The maximum Gasteiger partial charge on any atom is 0.244 e. The number of benzene rings is 2. The number of carbonyl (C=O) groups is 1. The van der Waals surface area contributed by atoms with Crippen LogP contribution in [0, 0.1) is 0 Å². The molecule has 31 heavy (non-hydrogen) atoms. The molecular formula is C20H23Cl2N3O5S. The van der Waals surface area contributed by atoms with E-state index >= 15 is 0 Å². The van der Waals surface area contributed by atoms with E-state index in [1.807, 2.05) is 4.90 Å². The zero-order valence-corrected chi connectivity index (χ0v) is 19.4. The molecule has 0 aliphatic carbocycles. The summed E-state index contributed by atoms with van der Waals surface area (Å²) in [5, 5.41) is 3.24. The number of methoxy groups -OCH3 is 2. The first kappa shape index (κ1) is 23.6.